The van der Waals surface area contributed by atoms with Gasteiger partial charge in [-0.2, -0.15) is 11.8 Å². The lowest BCUT2D eigenvalue weighted by molar-refractivity contribution is 0.452. The summed E-state index contributed by atoms with van der Waals surface area (Å²) in [6, 6.07) is 4.96. The van der Waals surface area contributed by atoms with E-state index in [1.807, 2.05) is 23.9 Å². The molecule has 0 aliphatic carbocycles. The van der Waals surface area contributed by atoms with Gasteiger partial charge in [-0.15, -0.1) is 0 Å². The van der Waals surface area contributed by atoms with Gasteiger partial charge in [0.2, 0.25) is 0 Å². The van der Waals surface area contributed by atoms with Crippen molar-refractivity contribution in [2.24, 2.45) is 0 Å². The predicted molar refractivity (Wildman–Crippen MR) is 71.1 cm³/mol. The van der Waals surface area contributed by atoms with E-state index in [0.29, 0.717) is 17.2 Å². The van der Waals surface area contributed by atoms with Gasteiger partial charge in [-0.1, -0.05) is 11.6 Å². The smallest absolute Gasteiger partial charge is 0.129 e. The number of halogens is 1. The van der Waals surface area contributed by atoms with Crippen molar-refractivity contribution in [2.75, 3.05) is 11.5 Å². The number of nitrogens with zero attached hydrogens (tertiary/aromatic N) is 1. The normalized spacial score (nSPS) is 23.0. The maximum Gasteiger partial charge on any atom is 0.129 e. The van der Waals surface area contributed by atoms with Crippen molar-refractivity contribution in [3.8, 4) is 0 Å². The van der Waals surface area contributed by atoms with E-state index < -0.39 is 0 Å². The number of hydrogen-bond acceptors (Lipinski definition) is 3. The molecule has 2 rings (SSSR count). The van der Waals surface area contributed by atoms with E-state index in [2.05, 4.69) is 17.2 Å². The highest BCUT2D eigenvalue weighted by atomic mass is 35.5. The number of rotatable bonds is 3. The molecule has 2 unspecified atom stereocenters. The third kappa shape index (κ3) is 3.37. The van der Waals surface area contributed by atoms with Gasteiger partial charge in [0.1, 0.15) is 5.15 Å². The molecule has 1 N–H and O–H groups in total. The second-order valence-corrected chi connectivity index (χ2v) is 5.75. The summed E-state index contributed by atoms with van der Waals surface area (Å²) in [4.78, 5) is 4.00. The Balaban J connectivity index is 1.94. The molecule has 0 amide bonds. The molecular formula is C12H17ClN2S. The lowest BCUT2D eigenvalue weighted by Crippen LogP contribution is -2.35. The molecule has 1 saturated heterocycles. The zero-order valence-corrected chi connectivity index (χ0v) is 11.0. The number of hydrogen-bond donors (Lipinski definition) is 1. The third-order valence-electron chi connectivity index (χ3n) is 2.90. The quantitative estimate of drug-likeness (QED) is 0.841. The first-order chi connectivity index (χ1) is 7.75. The molecule has 1 fully saturated rings. The van der Waals surface area contributed by atoms with Gasteiger partial charge in [0.15, 0.2) is 0 Å². The molecule has 0 radical (unpaired) electrons. The summed E-state index contributed by atoms with van der Waals surface area (Å²) in [7, 11) is 0. The Morgan fingerprint density at radius 2 is 2.50 bits per heavy atom. The Bertz CT molecular complexity index is 340. The lowest BCUT2D eigenvalue weighted by Gasteiger charge is -2.26. The summed E-state index contributed by atoms with van der Waals surface area (Å²) in [6.45, 7) is 2.19. The van der Waals surface area contributed by atoms with E-state index in [1.165, 1.54) is 29.9 Å². The van der Waals surface area contributed by atoms with Crippen LogP contribution in [0.25, 0.3) is 0 Å². The van der Waals surface area contributed by atoms with Gasteiger partial charge in [-0.05, 0) is 43.2 Å². The van der Waals surface area contributed by atoms with E-state index in [9.17, 15) is 0 Å². The molecule has 4 heteroatoms. The van der Waals surface area contributed by atoms with E-state index in [4.69, 9.17) is 11.6 Å². The molecule has 0 saturated carbocycles. The Hall–Kier alpha value is -0.250. The van der Waals surface area contributed by atoms with E-state index in [0.717, 1.165) is 0 Å². The second-order valence-electron chi connectivity index (χ2n) is 4.21. The molecule has 2 nitrogen and oxygen atoms in total. The molecule has 16 heavy (non-hydrogen) atoms. The standard InChI is InChI=1S/C12H17ClN2S/c1-9(10-4-5-14-12(13)7-10)15-11-3-2-6-16-8-11/h4-5,7,9,11,15H,2-3,6,8H2,1H3. The van der Waals surface area contributed by atoms with Gasteiger partial charge in [-0.3, -0.25) is 0 Å². The summed E-state index contributed by atoms with van der Waals surface area (Å²) >= 11 is 7.93. The van der Waals surface area contributed by atoms with Gasteiger partial charge < -0.3 is 5.32 Å². The summed E-state index contributed by atoms with van der Waals surface area (Å²) in [6.07, 6.45) is 4.38. The fraction of sp³-hybridized carbons (Fsp3) is 0.583. The minimum absolute atomic E-state index is 0.351. The molecule has 88 valence electrons. The van der Waals surface area contributed by atoms with Crippen LogP contribution in [-0.4, -0.2) is 22.5 Å². The Labute approximate surface area is 106 Å². The molecule has 0 aromatic carbocycles. The third-order valence-corrected chi connectivity index (χ3v) is 4.32. The topological polar surface area (TPSA) is 24.9 Å². The monoisotopic (exact) mass is 256 g/mol. The van der Waals surface area contributed by atoms with Crippen molar-refractivity contribution in [1.82, 2.24) is 10.3 Å². The molecule has 0 spiro atoms. The van der Waals surface area contributed by atoms with Crippen LogP contribution in [0, 0.1) is 0 Å². The second kappa shape index (κ2) is 5.89. The molecule has 2 heterocycles. The Morgan fingerprint density at radius 1 is 1.62 bits per heavy atom. The summed E-state index contributed by atoms with van der Waals surface area (Å²) in [5.41, 5.74) is 1.22. The van der Waals surface area contributed by atoms with Crippen LogP contribution < -0.4 is 5.32 Å². The van der Waals surface area contributed by atoms with Crippen molar-refractivity contribution in [3.05, 3.63) is 29.0 Å². The average molecular weight is 257 g/mol. The number of nitrogens with one attached hydrogen (secondary N) is 1. The average Bonchev–Trinajstić information content (AvgIpc) is 2.30. The van der Waals surface area contributed by atoms with Crippen LogP contribution in [0.4, 0.5) is 0 Å². The minimum Gasteiger partial charge on any atom is -0.307 e. The first-order valence-electron chi connectivity index (χ1n) is 5.71. The molecule has 2 atom stereocenters. The number of pyridine rings is 1. The number of thioether (sulfide) groups is 1. The highest BCUT2D eigenvalue weighted by molar-refractivity contribution is 7.99. The fourth-order valence-electron chi connectivity index (χ4n) is 2.01. The lowest BCUT2D eigenvalue weighted by atomic mass is 10.1. The molecule has 1 aliphatic rings. The van der Waals surface area contributed by atoms with Gasteiger partial charge in [0, 0.05) is 24.0 Å². The van der Waals surface area contributed by atoms with Crippen molar-refractivity contribution in [1.29, 1.82) is 0 Å². The van der Waals surface area contributed by atoms with E-state index in [-0.39, 0.29) is 0 Å². The maximum atomic E-state index is 5.89. The van der Waals surface area contributed by atoms with Gasteiger partial charge in [0.25, 0.3) is 0 Å². The molecular weight excluding hydrogens is 240 g/mol. The van der Waals surface area contributed by atoms with Crippen LogP contribution in [0.1, 0.15) is 31.4 Å². The molecule has 0 bridgehead atoms. The Kier molecular flexibility index (Phi) is 4.50. The largest absolute Gasteiger partial charge is 0.307 e. The van der Waals surface area contributed by atoms with Crippen LogP contribution in [-0.2, 0) is 0 Å². The first kappa shape index (κ1) is 12.2. The van der Waals surface area contributed by atoms with Crippen LogP contribution in [0.2, 0.25) is 5.15 Å². The van der Waals surface area contributed by atoms with Crippen LogP contribution in [0.3, 0.4) is 0 Å². The fourth-order valence-corrected chi connectivity index (χ4v) is 3.28. The molecule has 1 aliphatic heterocycles. The summed E-state index contributed by atoms with van der Waals surface area (Å²) in [5.74, 6) is 2.54. The molecule has 1 aromatic heterocycles. The predicted octanol–water partition coefficient (Wildman–Crippen LogP) is 3.28. The zero-order valence-electron chi connectivity index (χ0n) is 9.45. The van der Waals surface area contributed by atoms with E-state index >= 15 is 0 Å². The summed E-state index contributed by atoms with van der Waals surface area (Å²) < 4.78 is 0. The minimum atomic E-state index is 0.351. The summed E-state index contributed by atoms with van der Waals surface area (Å²) in [5, 5.41) is 4.23. The number of aromatic nitrogens is 1. The highest BCUT2D eigenvalue weighted by Gasteiger charge is 2.16. The van der Waals surface area contributed by atoms with E-state index in [1.54, 1.807) is 6.20 Å². The van der Waals surface area contributed by atoms with Crippen molar-refractivity contribution < 1.29 is 0 Å². The SMILES string of the molecule is CC(NC1CCCSC1)c1ccnc(Cl)c1. The van der Waals surface area contributed by atoms with Gasteiger partial charge >= 0.3 is 0 Å². The molecule has 1 aromatic rings. The Morgan fingerprint density at radius 3 is 3.19 bits per heavy atom. The zero-order chi connectivity index (χ0) is 11.4. The van der Waals surface area contributed by atoms with Gasteiger partial charge in [-0.25, -0.2) is 4.98 Å². The van der Waals surface area contributed by atoms with Crippen LogP contribution in [0.15, 0.2) is 18.3 Å². The van der Waals surface area contributed by atoms with Crippen molar-refractivity contribution >= 4 is 23.4 Å². The first-order valence-corrected chi connectivity index (χ1v) is 7.24. The van der Waals surface area contributed by atoms with Gasteiger partial charge in [0.05, 0.1) is 0 Å². The van der Waals surface area contributed by atoms with Crippen LogP contribution >= 0.6 is 23.4 Å². The van der Waals surface area contributed by atoms with Crippen molar-refractivity contribution in [3.63, 3.8) is 0 Å². The maximum absolute atomic E-state index is 5.89. The van der Waals surface area contributed by atoms with Crippen LogP contribution in [0.5, 0.6) is 0 Å². The highest BCUT2D eigenvalue weighted by Crippen LogP contribution is 2.21. The van der Waals surface area contributed by atoms with Crippen molar-refractivity contribution in [2.45, 2.75) is 31.8 Å².